The first kappa shape index (κ1) is 23.9. The third-order valence-corrected chi connectivity index (χ3v) is 4.12. The van der Waals surface area contributed by atoms with E-state index in [1.807, 2.05) is 32.9 Å². The minimum absolute atomic E-state index is 0.188. The lowest BCUT2D eigenvalue weighted by Gasteiger charge is -2.17. The van der Waals surface area contributed by atoms with E-state index in [1.165, 1.54) is 0 Å². The molecule has 0 amide bonds. The molecular weight excluding hydrogens is 336 g/mol. The molecule has 1 heterocycles. The summed E-state index contributed by atoms with van der Waals surface area (Å²) in [6.07, 6.45) is 4.52. The average molecular weight is 371 g/mol. The van der Waals surface area contributed by atoms with Gasteiger partial charge in [0.05, 0.1) is 13.2 Å². The number of rotatable bonds is 11. The number of aromatic nitrogens is 1. The third-order valence-electron chi connectivity index (χ3n) is 3.88. The first-order valence-electron chi connectivity index (χ1n) is 8.95. The highest BCUT2D eigenvalue weighted by Crippen LogP contribution is 2.01. The van der Waals surface area contributed by atoms with Crippen molar-refractivity contribution in [1.82, 2.24) is 15.6 Å². The zero-order valence-corrected chi connectivity index (χ0v) is 16.5. The minimum atomic E-state index is 0.188. The van der Waals surface area contributed by atoms with Crippen LogP contribution in [0, 0.1) is 0 Å². The highest BCUT2D eigenvalue weighted by Gasteiger charge is 2.04. The fourth-order valence-electron chi connectivity index (χ4n) is 2.05. The van der Waals surface area contributed by atoms with Gasteiger partial charge in [0.2, 0.25) is 0 Å². The first-order valence-corrected chi connectivity index (χ1v) is 9.36. The Morgan fingerprint density at radius 2 is 1.64 bits per heavy atom. The van der Waals surface area contributed by atoms with Crippen molar-refractivity contribution < 1.29 is 10.2 Å². The molecule has 0 saturated carbocycles. The van der Waals surface area contributed by atoms with Gasteiger partial charge in [-0.3, -0.25) is 4.98 Å². The second kappa shape index (κ2) is 15.2. The molecule has 1 unspecified atom stereocenters. The van der Waals surface area contributed by atoms with Crippen LogP contribution in [0.3, 0.4) is 0 Å². The number of pyridine rings is 1. The van der Waals surface area contributed by atoms with Crippen molar-refractivity contribution in [3.63, 3.8) is 0 Å². The Labute approximate surface area is 157 Å². The van der Waals surface area contributed by atoms with Gasteiger partial charge in [-0.15, -0.1) is 0 Å². The van der Waals surface area contributed by atoms with Crippen molar-refractivity contribution >= 4 is 17.2 Å². The van der Waals surface area contributed by atoms with Gasteiger partial charge in [0.25, 0.3) is 0 Å². The highest BCUT2D eigenvalue weighted by atomic mass is 32.1. The van der Waals surface area contributed by atoms with Crippen molar-refractivity contribution in [2.45, 2.75) is 52.1 Å². The molecule has 0 bridgehead atoms. The van der Waals surface area contributed by atoms with Gasteiger partial charge in [-0.1, -0.05) is 33.0 Å². The molecule has 1 rings (SSSR count). The van der Waals surface area contributed by atoms with Gasteiger partial charge in [0, 0.05) is 42.6 Å². The van der Waals surface area contributed by atoms with Crippen LogP contribution in [-0.4, -0.2) is 58.6 Å². The fraction of sp³-hybridized carbons (Fsp3) is 0.667. The number of hydrogen-bond acceptors (Lipinski definition) is 6. The summed E-state index contributed by atoms with van der Waals surface area (Å²) in [6, 6.07) is 4.14. The smallest absolute Gasteiger partial charge is 0.104 e. The molecule has 0 aliphatic rings. The Hall–Kier alpha value is -1.12. The number of aliphatic hydroxyl groups excluding tert-OH is 2. The van der Waals surface area contributed by atoms with Crippen LogP contribution in [0.25, 0.3) is 0 Å². The van der Waals surface area contributed by atoms with E-state index in [4.69, 9.17) is 28.2 Å². The second-order valence-electron chi connectivity index (χ2n) is 5.74. The van der Waals surface area contributed by atoms with Crippen molar-refractivity contribution in [3.05, 3.63) is 29.6 Å². The summed E-state index contributed by atoms with van der Waals surface area (Å²) in [7, 11) is 0. The Morgan fingerprint density at radius 1 is 1.12 bits per heavy atom. The van der Waals surface area contributed by atoms with Crippen LogP contribution in [0.4, 0.5) is 0 Å². The summed E-state index contributed by atoms with van der Waals surface area (Å²) in [5.74, 6) is 0. The zero-order valence-electron chi connectivity index (χ0n) is 15.7. The van der Waals surface area contributed by atoms with Crippen LogP contribution in [-0.2, 0) is 6.42 Å². The van der Waals surface area contributed by atoms with E-state index in [0.29, 0.717) is 4.99 Å². The molecule has 144 valence electrons. The molecule has 0 aliphatic heterocycles. The summed E-state index contributed by atoms with van der Waals surface area (Å²) in [5, 5.41) is 24.3. The topological polar surface area (TPSA) is 103 Å². The zero-order chi connectivity index (χ0) is 19.1. The molecule has 0 aromatic carbocycles. The van der Waals surface area contributed by atoms with Crippen LogP contribution >= 0.6 is 12.2 Å². The molecule has 0 spiro atoms. The van der Waals surface area contributed by atoms with E-state index < -0.39 is 0 Å². The molecule has 1 aromatic rings. The number of nitrogens with two attached hydrogens (primary N) is 1. The summed E-state index contributed by atoms with van der Waals surface area (Å²) >= 11 is 4.82. The van der Waals surface area contributed by atoms with E-state index in [-0.39, 0.29) is 25.3 Å². The maximum atomic E-state index is 8.90. The van der Waals surface area contributed by atoms with Crippen molar-refractivity contribution in [3.8, 4) is 0 Å². The molecule has 6 N–H and O–H groups in total. The lowest BCUT2D eigenvalue weighted by molar-refractivity contribution is 0.229. The van der Waals surface area contributed by atoms with Crippen LogP contribution in [0.5, 0.6) is 0 Å². The van der Waals surface area contributed by atoms with Crippen LogP contribution in [0.15, 0.2) is 18.3 Å². The molecule has 0 aliphatic carbocycles. The monoisotopic (exact) mass is 370 g/mol. The van der Waals surface area contributed by atoms with Gasteiger partial charge in [-0.25, -0.2) is 0 Å². The Morgan fingerprint density at radius 3 is 2.00 bits per heavy atom. The fourth-order valence-corrected chi connectivity index (χ4v) is 2.18. The predicted molar refractivity (Wildman–Crippen MR) is 108 cm³/mol. The van der Waals surface area contributed by atoms with E-state index in [0.717, 1.165) is 43.6 Å². The molecule has 6 nitrogen and oxygen atoms in total. The molecular formula is C18H34N4O2S. The number of aryl methyl sites for hydroxylation is 1. The number of thiocarbonyl (C=S) groups is 1. The summed E-state index contributed by atoms with van der Waals surface area (Å²) in [5.41, 5.74) is 7.36. The summed E-state index contributed by atoms with van der Waals surface area (Å²) < 4.78 is 0. The molecule has 2 atom stereocenters. The summed E-state index contributed by atoms with van der Waals surface area (Å²) in [6.45, 7) is 8.17. The van der Waals surface area contributed by atoms with Crippen molar-refractivity contribution in [2.24, 2.45) is 5.73 Å². The van der Waals surface area contributed by atoms with E-state index in [9.17, 15) is 0 Å². The maximum absolute atomic E-state index is 8.90. The van der Waals surface area contributed by atoms with E-state index in [1.54, 1.807) is 6.20 Å². The number of nitrogens with zero attached hydrogens (tertiary/aromatic N) is 1. The predicted octanol–water partition coefficient (Wildman–Crippen LogP) is 0.986. The Kier molecular flexibility index (Phi) is 14.5. The Bertz CT molecular complexity index is 452. The van der Waals surface area contributed by atoms with Crippen molar-refractivity contribution in [1.29, 1.82) is 0 Å². The normalized spacial score (nSPS) is 12.8. The SMILES string of the molecule is CCC(CO)NCCN[C@H](CC)CO.CCc1cc(C(N)=S)ccn1. The molecule has 25 heavy (non-hydrogen) atoms. The first-order chi connectivity index (χ1) is 12.0. The van der Waals surface area contributed by atoms with Gasteiger partial charge < -0.3 is 26.6 Å². The number of hydrogen-bond donors (Lipinski definition) is 5. The lowest BCUT2D eigenvalue weighted by atomic mass is 10.2. The van der Waals surface area contributed by atoms with Gasteiger partial charge in [0.1, 0.15) is 4.99 Å². The largest absolute Gasteiger partial charge is 0.395 e. The molecule has 0 radical (unpaired) electrons. The Balaban J connectivity index is 0.000000472. The average Bonchev–Trinajstić information content (AvgIpc) is 2.65. The summed E-state index contributed by atoms with van der Waals surface area (Å²) in [4.78, 5) is 4.56. The van der Waals surface area contributed by atoms with E-state index >= 15 is 0 Å². The number of nitrogens with one attached hydrogen (secondary N) is 2. The van der Waals surface area contributed by atoms with Gasteiger partial charge in [-0.2, -0.15) is 0 Å². The minimum Gasteiger partial charge on any atom is -0.395 e. The maximum Gasteiger partial charge on any atom is 0.104 e. The number of aliphatic hydroxyl groups is 2. The molecule has 0 fully saturated rings. The standard InChI is InChI=1S/C10H24N2O2.C8H10N2S/c1-3-9(7-13)11-5-6-12-10(4-2)8-14;1-2-7-5-6(8(9)11)3-4-10-7/h9-14H,3-8H2,1-2H3;3-5H,2H2,1H3,(H2,9,11)/t9-,10?;/m1./s1. The van der Waals surface area contributed by atoms with Crippen LogP contribution < -0.4 is 16.4 Å². The van der Waals surface area contributed by atoms with Crippen LogP contribution in [0.2, 0.25) is 0 Å². The quantitative estimate of drug-likeness (QED) is 0.292. The highest BCUT2D eigenvalue weighted by molar-refractivity contribution is 7.80. The van der Waals surface area contributed by atoms with E-state index in [2.05, 4.69) is 15.6 Å². The second-order valence-corrected chi connectivity index (χ2v) is 6.18. The van der Waals surface area contributed by atoms with Crippen LogP contribution in [0.1, 0.15) is 44.9 Å². The third kappa shape index (κ3) is 11.2. The van der Waals surface area contributed by atoms with Gasteiger partial charge in [-0.05, 0) is 31.4 Å². The lowest BCUT2D eigenvalue weighted by Crippen LogP contribution is -2.40. The van der Waals surface area contributed by atoms with Gasteiger partial charge >= 0.3 is 0 Å². The molecule has 0 saturated heterocycles. The van der Waals surface area contributed by atoms with Gasteiger partial charge in [0.15, 0.2) is 0 Å². The van der Waals surface area contributed by atoms with Crippen molar-refractivity contribution in [2.75, 3.05) is 26.3 Å². The molecule has 7 heteroatoms. The molecule has 1 aromatic heterocycles.